The maximum atomic E-state index is 11.5. The van der Waals surface area contributed by atoms with Crippen molar-refractivity contribution in [2.75, 3.05) is 6.61 Å². The lowest BCUT2D eigenvalue weighted by Crippen LogP contribution is -2.23. The van der Waals surface area contributed by atoms with Gasteiger partial charge in [-0.15, -0.1) is 0 Å². The van der Waals surface area contributed by atoms with Crippen LogP contribution in [0.25, 0.3) is 0 Å². The lowest BCUT2D eigenvalue weighted by atomic mass is 10.3. The molecule has 1 amide bonds. The number of benzene rings is 1. The highest BCUT2D eigenvalue weighted by atomic mass is 16.5. The van der Waals surface area contributed by atoms with Crippen LogP contribution in [0.3, 0.4) is 0 Å². The van der Waals surface area contributed by atoms with Crippen molar-refractivity contribution in [2.45, 2.75) is 19.4 Å². The van der Waals surface area contributed by atoms with Crippen molar-refractivity contribution >= 4 is 5.91 Å². The maximum absolute atomic E-state index is 11.5. The van der Waals surface area contributed by atoms with E-state index >= 15 is 0 Å². The van der Waals surface area contributed by atoms with E-state index in [-0.39, 0.29) is 5.91 Å². The molecule has 0 aliphatic rings. The Bertz CT molecular complexity index is 483. The van der Waals surface area contributed by atoms with Crippen LogP contribution in [-0.4, -0.2) is 22.5 Å². The average Bonchev–Trinajstić information content (AvgIpc) is 2.96. The Hall–Kier alpha value is -2.30. The molecule has 1 aromatic carbocycles. The summed E-state index contributed by atoms with van der Waals surface area (Å²) in [6, 6.07) is 9.58. The monoisotopic (exact) mass is 259 g/mol. The van der Waals surface area contributed by atoms with Crippen molar-refractivity contribution in [2.24, 2.45) is 0 Å². The summed E-state index contributed by atoms with van der Waals surface area (Å²) >= 11 is 0. The first-order valence-electron chi connectivity index (χ1n) is 6.27. The molecule has 5 heteroatoms. The molecular weight excluding hydrogens is 242 g/mol. The van der Waals surface area contributed by atoms with Gasteiger partial charge in [0, 0.05) is 18.8 Å². The number of hydrogen-bond acceptors (Lipinski definition) is 3. The van der Waals surface area contributed by atoms with Crippen molar-refractivity contribution in [3.8, 4) is 5.75 Å². The van der Waals surface area contributed by atoms with Crippen LogP contribution < -0.4 is 10.1 Å². The molecule has 1 aromatic heterocycles. The number of amides is 1. The molecule has 0 unspecified atom stereocenters. The second kappa shape index (κ2) is 7.20. The van der Waals surface area contributed by atoms with Gasteiger partial charge < -0.3 is 15.0 Å². The highest BCUT2D eigenvalue weighted by molar-refractivity contribution is 5.75. The first-order valence-corrected chi connectivity index (χ1v) is 6.27. The molecule has 2 aromatic rings. The third-order valence-electron chi connectivity index (χ3n) is 2.57. The summed E-state index contributed by atoms with van der Waals surface area (Å²) < 4.78 is 5.51. The summed E-state index contributed by atoms with van der Waals surface area (Å²) in [4.78, 5) is 18.5. The van der Waals surface area contributed by atoms with Gasteiger partial charge in [-0.3, -0.25) is 4.79 Å². The molecule has 2 N–H and O–H groups in total. The maximum Gasteiger partial charge on any atom is 0.220 e. The largest absolute Gasteiger partial charge is 0.494 e. The number of carbonyl (C=O) groups excluding carboxylic acids is 1. The van der Waals surface area contributed by atoms with Crippen molar-refractivity contribution < 1.29 is 9.53 Å². The molecular formula is C14H17N3O2. The Kier molecular flexibility index (Phi) is 4.98. The van der Waals surface area contributed by atoms with Crippen LogP contribution in [0.4, 0.5) is 0 Å². The zero-order chi connectivity index (χ0) is 13.3. The van der Waals surface area contributed by atoms with E-state index in [1.807, 2.05) is 30.3 Å². The second-order valence-electron chi connectivity index (χ2n) is 4.08. The lowest BCUT2D eigenvalue weighted by Gasteiger charge is -2.06. The fourth-order valence-corrected chi connectivity index (χ4v) is 1.60. The van der Waals surface area contributed by atoms with Gasteiger partial charge in [0.15, 0.2) is 0 Å². The van der Waals surface area contributed by atoms with E-state index in [4.69, 9.17) is 4.74 Å². The zero-order valence-corrected chi connectivity index (χ0v) is 10.6. The summed E-state index contributed by atoms with van der Waals surface area (Å²) in [6.07, 6.45) is 4.54. The topological polar surface area (TPSA) is 67.0 Å². The van der Waals surface area contributed by atoms with Crippen molar-refractivity contribution in [1.82, 2.24) is 15.3 Å². The van der Waals surface area contributed by atoms with Crippen molar-refractivity contribution in [3.63, 3.8) is 0 Å². The summed E-state index contributed by atoms with van der Waals surface area (Å²) in [5.41, 5.74) is 0. The van der Waals surface area contributed by atoms with Crippen LogP contribution in [0.5, 0.6) is 5.75 Å². The molecule has 0 bridgehead atoms. The number of hydrogen-bond donors (Lipinski definition) is 2. The number of aromatic amines is 1. The highest BCUT2D eigenvalue weighted by Crippen LogP contribution is 2.08. The summed E-state index contributed by atoms with van der Waals surface area (Å²) in [7, 11) is 0. The highest BCUT2D eigenvalue weighted by Gasteiger charge is 2.02. The van der Waals surface area contributed by atoms with E-state index in [1.165, 1.54) is 0 Å². The van der Waals surface area contributed by atoms with Gasteiger partial charge in [0.25, 0.3) is 0 Å². The van der Waals surface area contributed by atoms with Gasteiger partial charge in [0.1, 0.15) is 11.6 Å². The number of ether oxygens (including phenoxy) is 1. The van der Waals surface area contributed by atoms with Gasteiger partial charge in [-0.1, -0.05) is 18.2 Å². The lowest BCUT2D eigenvalue weighted by molar-refractivity contribution is -0.121. The van der Waals surface area contributed by atoms with Crippen LogP contribution in [-0.2, 0) is 11.3 Å². The second-order valence-corrected chi connectivity index (χ2v) is 4.08. The smallest absolute Gasteiger partial charge is 0.220 e. The summed E-state index contributed by atoms with van der Waals surface area (Å²) in [6.45, 7) is 0.976. The fraction of sp³-hybridized carbons (Fsp3) is 0.286. The van der Waals surface area contributed by atoms with Gasteiger partial charge in [-0.25, -0.2) is 4.98 Å². The standard InChI is InChI=1S/C14H17N3O2/c18-14(17-11-13-15-8-9-16-13)7-4-10-19-12-5-2-1-3-6-12/h1-3,5-6,8-9H,4,7,10-11H2,(H,15,16)(H,17,18). The van der Waals surface area contributed by atoms with Gasteiger partial charge in [-0.05, 0) is 18.6 Å². The van der Waals surface area contributed by atoms with E-state index in [1.54, 1.807) is 12.4 Å². The van der Waals surface area contributed by atoms with Crippen molar-refractivity contribution in [3.05, 3.63) is 48.5 Å². The van der Waals surface area contributed by atoms with Crippen LogP contribution >= 0.6 is 0 Å². The van der Waals surface area contributed by atoms with E-state index in [9.17, 15) is 4.79 Å². The van der Waals surface area contributed by atoms with E-state index in [0.29, 0.717) is 26.0 Å². The summed E-state index contributed by atoms with van der Waals surface area (Å²) in [5.74, 6) is 1.60. The normalized spacial score (nSPS) is 10.1. The first-order chi connectivity index (χ1) is 9.34. The number of H-pyrrole nitrogens is 1. The SMILES string of the molecule is O=C(CCCOc1ccccc1)NCc1ncc[nH]1. The first kappa shape index (κ1) is 13.1. The molecule has 19 heavy (non-hydrogen) atoms. The van der Waals surface area contributed by atoms with Gasteiger partial charge >= 0.3 is 0 Å². The zero-order valence-electron chi connectivity index (χ0n) is 10.6. The molecule has 100 valence electrons. The van der Waals surface area contributed by atoms with Crippen LogP contribution in [0.2, 0.25) is 0 Å². The van der Waals surface area contributed by atoms with Crippen LogP contribution in [0, 0.1) is 0 Å². The Morgan fingerprint density at radius 1 is 1.32 bits per heavy atom. The molecule has 0 saturated carbocycles. The predicted octanol–water partition coefficient (Wildman–Crippen LogP) is 1.89. The number of imidazole rings is 1. The predicted molar refractivity (Wildman–Crippen MR) is 71.6 cm³/mol. The molecule has 1 heterocycles. The Morgan fingerprint density at radius 3 is 2.89 bits per heavy atom. The minimum atomic E-state index is 0.00746. The number of rotatable bonds is 7. The van der Waals surface area contributed by atoms with E-state index in [2.05, 4.69) is 15.3 Å². The molecule has 5 nitrogen and oxygen atoms in total. The van der Waals surface area contributed by atoms with E-state index < -0.39 is 0 Å². The third-order valence-corrected chi connectivity index (χ3v) is 2.57. The molecule has 0 fully saturated rings. The molecule has 0 aliphatic heterocycles. The number of carbonyl (C=O) groups is 1. The number of para-hydroxylation sites is 1. The molecule has 0 spiro atoms. The average molecular weight is 259 g/mol. The molecule has 0 aliphatic carbocycles. The Labute approximate surface area is 112 Å². The Balaban J connectivity index is 1.57. The van der Waals surface area contributed by atoms with Crippen molar-refractivity contribution in [1.29, 1.82) is 0 Å². The van der Waals surface area contributed by atoms with Crippen LogP contribution in [0.15, 0.2) is 42.7 Å². The number of aromatic nitrogens is 2. The molecule has 0 atom stereocenters. The minimum absolute atomic E-state index is 0.00746. The molecule has 0 radical (unpaired) electrons. The number of nitrogens with one attached hydrogen (secondary N) is 2. The van der Waals surface area contributed by atoms with E-state index in [0.717, 1.165) is 11.6 Å². The van der Waals surface area contributed by atoms with Gasteiger partial charge in [-0.2, -0.15) is 0 Å². The summed E-state index contributed by atoms with van der Waals surface area (Å²) in [5, 5.41) is 2.80. The third kappa shape index (κ3) is 4.83. The number of nitrogens with zero attached hydrogens (tertiary/aromatic N) is 1. The Morgan fingerprint density at radius 2 is 2.16 bits per heavy atom. The molecule has 0 saturated heterocycles. The molecule has 2 rings (SSSR count). The van der Waals surface area contributed by atoms with Gasteiger partial charge in [0.2, 0.25) is 5.91 Å². The fourth-order valence-electron chi connectivity index (χ4n) is 1.60. The van der Waals surface area contributed by atoms with Gasteiger partial charge in [0.05, 0.1) is 13.2 Å². The van der Waals surface area contributed by atoms with Crippen LogP contribution in [0.1, 0.15) is 18.7 Å². The quantitative estimate of drug-likeness (QED) is 0.746. The minimum Gasteiger partial charge on any atom is -0.494 e.